The van der Waals surface area contributed by atoms with Crippen molar-refractivity contribution in [1.82, 2.24) is 5.32 Å². The van der Waals surface area contributed by atoms with Gasteiger partial charge in [-0.2, -0.15) is 0 Å². The molecule has 0 atom stereocenters. The van der Waals surface area contributed by atoms with Crippen molar-refractivity contribution in [2.75, 3.05) is 36.5 Å². The topological polar surface area (TPSA) is 53.6 Å². The van der Waals surface area contributed by atoms with E-state index in [-0.39, 0.29) is 5.91 Å². The molecule has 0 saturated carbocycles. The van der Waals surface area contributed by atoms with E-state index in [4.69, 9.17) is 28.6 Å². The average molecular weight is 356 g/mol. The van der Waals surface area contributed by atoms with Gasteiger partial charge in [-0.05, 0) is 36.8 Å². The van der Waals surface area contributed by atoms with Crippen molar-refractivity contribution >= 4 is 46.2 Å². The lowest BCUT2D eigenvalue weighted by Crippen LogP contribution is -2.38. The Morgan fingerprint density at radius 2 is 2.13 bits per heavy atom. The maximum absolute atomic E-state index is 11.8. The molecule has 7 heteroatoms. The Morgan fingerprint density at radius 1 is 1.39 bits per heavy atom. The van der Waals surface area contributed by atoms with Crippen LogP contribution in [0.15, 0.2) is 18.2 Å². The van der Waals surface area contributed by atoms with E-state index in [1.807, 2.05) is 25.1 Å². The van der Waals surface area contributed by atoms with Crippen molar-refractivity contribution < 1.29 is 9.53 Å². The fraction of sp³-hybridized carbons (Fsp3) is 0.500. The Kier molecular flexibility index (Phi) is 7.08. The number of thiocarbonyl (C=S) groups is 1. The summed E-state index contributed by atoms with van der Waals surface area (Å²) in [4.78, 5) is 14.0. The number of carbonyl (C=O) groups excluding carboxylic acids is 1. The largest absolute Gasteiger partial charge is 0.378 e. The van der Waals surface area contributed by atoms with Crippen LogP contribution in [0.25, 0.3) is 0 Å². The minimum absolute atomic E-state index is 0.0701. The Balaban J connectivity index is 2.04. The van der Waals surface area contributed by atoms with Gasteiger partial charge in [0.05, 0.1) is 24.6 Å². The van der Waals surface area contributed by atoms with Gasteiger partial charge < -0.3 is 20.3 Å². The molecule has 126 valence electrons. The van der Waals surface area contributed by atoms with Gasteiger partial charge in [-0.15, -0.1) is 0 Å². The first kappa shape index (κ1) is 18.0. The van der Waals surface area contributed by atoms with E-state index in [0.29, 0.717) is 29.8 Å². The van der Waals surface area contributed by atoms with Crippen LogP contribution in [0.1, 0.15) is 26.2 Å². The molecule has 1 amide bonds. The van der Waals surface area contributed by atoms with Gasteiger partial charge in [0.25, 0.3) is 0 Å². The lowest BCUT2D eigenvalue weighted by atomic mass is 10.2. The summed E-state index contributed by atoms with van der Waals surface area (Å²) in [7, 11) is 0. The number of nitrogens with one attached hydrogen (secondary N) is 2. The number of carbonyl (C=O) groups is 1. The third kappa shape index (κ3) is 5.64. The lowest BCUT2D eigenvalue weighted by Gasteiger charge is -2.30. The maximum atomic E-state index is 11.8. The van der Waals surface area contributed by atoms with E-state index in [9.17, 15) is 4.79 Å². The molecule has 1 aromatic rings. The van der Waals surface area contributed by atoms with Crippen LogP contribution in [0.5, 0.6) is 0 Å². The number of halogens is 1. The quantitative estimate of drug-likeness (QED) is 0.794. The summed E-state index contributed by atoms with van der Waals surface area (Å²) in [6.07, 6.45) is 2.30. The number of amides is 1. The summed E-state index contributed by atoms with van der Waals surface area (Å²) in [5.74, 6) is -0.0701. The van der Waals surface area contributed by atoms with Gasteiger partial charge in [-0.1, -0.05) is 24.9 Å². The molecule has 0 spiro atoms. The smallest absolute Gasteiger partial charge is 0.226 e. The molecule has 1 saturated heterocycles. The normalized spacial score (nSPS) is 14.4. The first-order valence-electron chi connectivity index (χ1n) is 7.83. The minimum Gasteiger partial charge on any atom is -0.378 e. The summed E-state index contributed by atoms with van der Waals surface area (Å²) >= 11 is 11.3. The summed E-state index contributed by atoms with van der Waals surface area (Å²) in [6, 6.07) is 5.62. The monoisotopic (exact) mass is 355 g/mol. The molecule has 2 rings (SSSR count). The number of anilines is 2. The van der Waals surface area contributed by atoms with Crippen molar-refractivity contribution in [2.45, 2.75) is 26.2 Å². The molecule has 2 N–H and O–H groups in total. The molecule has 1 heterocycles. The van der Waals surface area contributed by atoms with Gasteiger partial charge in [0.15, 0.2) is 5.11 Å². The SMILES string of the molecule is CCCCC(=O)NC(=S)Nc1cc(Cl)ccc1N1CCOCC1. The van der Waals surface area contributed by atoms with Gasteiger partial charge in [0, 0.05) is 24.5 Å². The van der Waals surface area contributed by atoms with Crippen LogP contribution < -0.4 is 15.5 Å². The Bertz CT molecular complexity index is 562. The zero-order valence-corrected chi connectivity index (χ0v) is 14.8. The van der Waals surface area contributed by atoms with E-state index in [2.05, 4.69) is 15.5 Å². The average Bonchev–Trinajstić information content (AvgIpc) is 2.53. The summed E-state index contributed by atoms with van der Waals surface area (Å²) < 4.78 is 5.39. The standard InChI is InChI=1S/C16H22ClN3O2S/c1-2-3-4-15(21)19-16(23)18-13-11-12(17)5-6-14(13)20-7-9-22-10-8-20/h5-6,11H,2-4,7-10H2,1H3,(H2,18,19,21,23). The van der Waals surface area contributed by atoms with Crippen molar-refractivity contribution in [3.63, 3.8) is 0 Å². The van der Waals surface area contributed by atoms with E-state index in [0.717, 1.165) is 37.3 Å². The van der Waals surface area contributed by atoms with Gasteiger partial charge in [0.2, 0.25) is 5.91 Å². The van der Waals surface area contributed by atoms with Gasteiger partial charge in [0.1, 0.15) is 0 Å². The van der Waals surface area contributed by atoms with Crippen LogP contribution in [0.4, 0.5) is 11.4 Å². The van der Waals surface area contributed by atoms with E-state index in [1.54, 1.807) is 0 Å². The lowest BCUT2D eigenvalue weighted by molar-refractivity contribution is -0.119. The molecule has 1 aliphatic heterocycles. The number of rotatable bonds is 5. The first-order chi connectivity index (χ1) is 11.1. The highest BCUT2D eigenvalue weighted by Gasteiger charge is 2.16. The fourth-order valence-corrected chi connectivity index (χ4v) is 2.76. The van der Waals surface area contributed by atoms with Crippen LogP contribution in [-0.4, -0.2) is 37.3 Å². The van der Waals surface area contributed by atoms with Crippen LogP contribution in [0, 0.1) is 0 Å². The highest BCUT2D eigenvalue weighted by molar-refractivity contribution is 7.80. The highest BCUT2D eigenvalue weighted by Crippen LogP contribution is 2.29. The molecule has 0 radical (unpaired) electrons. The van der Waals surface area contributed by atoms with E-state index < -0.39 is 0 Å². The summed E-state index contributed by atoms with van der Waals surface area (Å²) in [5, 5.41) is 6.71. The summed E-state index contributed by atoms with van der Waals surface area (Å²) in [5.41, 5.74) is 1.79. The number of nitrogens with zero attached hydrogens (tertiary/aromatic N) is 1. The Labute approximate surface area is 147 Å². The van der Waals surface area contributed by atoms with Crippen LogP contribution >= 0.6 is 23.8 Å². The van der Waals surface area contributed by atoms with Gasteiger partial charge in [-0.25, -0.2) is 0 Å². The number of hydrogen-bond donors (Lipinski definition) is 2. The number of ether oxygens (including phenoxy) is 1. The van der Waals surface area contributed by atoms with Crippen LogP contribution in [0.2, 0.25) is 5.02 Å². The molecule has 1 aromatic carbocycles. The van der Waals surface area contributed by atoms with Crippen LogP contribution in [-0.2, 0) is 9.53 Å². The zero-order chi connectivity index (χ0) is 16.7. The summed E-state index contributed by atoms with van der Waals surface area (Å²) in [6.45, 7) is 5.06. The molecule has 23 heavy (non-hydrogen) atoms. The van der Waals surface area contributed by atoms with Gasteiger partial charge in [-0.3, -0.25) is 4.79 Å². The number of morpholine rings is 1. The van der Waals surface area contributed by atoms with Crippen molar-refractivity contribution in [1.29, 1.82) is 0 Å². The first-order valence-corrected chi connectivity index (χ1v) is 8.62. The van der Waals surface area contributed by atoms with Crippen molar-refractivity contribution in [3.8, 4) is 0 Å². The highest BCUT2D eigenvalue weighted by atomic mass is 35.5. The van der Waals surface area contributed by atoms with Gasteiger partial charge >= 0.3 is 0 Å². The molecule has 5 nitrogen and oxygen atoms in total. The Hall–Kier alpha value is -1.37. The second-order valence-corrected chi connectivity index (χ2v) is 6.21. The predicted octanol–water partition coefficient (Wildman–Crippen LogP) is 3.18. The molecule has 0 bridgehead atoms. The fourth-order valence-electron chi connectivity index (χ4n) is 2.37. The van der Waals surface area contributed by atoms with Crippen molar-refractivity contribution in [3.05, 3.63) is 23.2 Å². The number of unbranched alkanes of at least 4 members (excludes halogenated alkanes) is 1. The number of benzene rings is 1. The van der Waals surface area contributed by atoms with E-state index >= 15 is 0 Å². The second kappa shape index (κ2) is 9.05. The third-order valence-corrected chi connectivity index (χ3v) is 4.01. The third-order valence-electron chi connectivity index (χ3n) is 3.57. The van der Waals surface area contributed by atoms with Crippen molar-refractivity contribution in [2.24, 2.45) is 0 Å². The molecular formula is C16H22ClN3O2S. The molecule has 0 aromatic heterocycles. The molecular weight excluding hydrogens is 334 g/mol. The molecule has 1 fully saturated rings. The molecule has 0 unspecified atom stereocenters. The number of hydrogen-bond acceptors (Lipinski definition) is 4. The minimum atomic E-state index is -0.0701. The van der Waals surface area contributed by atoms with Crippen LogP contribution in [0.3, 0.4) is 0 Å². The zero-order valence-electron chi connectivity index (χ0n) is 13.2. The maximum Gasteiger partial charge on any atom is 0.226 e. The predicted molar refractivity (Wildman–Crippen MR) is 98.4 cm³/mol. The molecule has 0 aliphatic carbocycles. The Morgan fingerprint density at radius 3 is 2.83 bits per heavy atom. The molecule has 1 aliphatic rings. The second-order valence-electron chi connectivity index (χ2n) is 5.37. The van der Waals surface area contributed by atoms with E-state index in [1.165, 1.54) is 0 Å².